The molecule has 1 saturated carbocycles. The lowest BCUT2D eigenvalue weighted by Crippen LogP contribution is -2.47. The molecule has 2 N–H and O–H groups in total. The molecule has 1 aromatic rings. The molecule has 0 radical (unpaired) electrons. The predicted molar refractivity (Wildman–Crippen MR) is 97.2 cm³/mol. The molecule has 1 unspecified atom stereocenters. The molecule has 0 amide bonds. The lowest BCUT2D eigenvalue weighted by atomic mass is 10.0. The van der Waals surface area contributed by atoms with Gasteiger partial charge in [0.1, 0.15) is 0 Å². The zero-order valence-corrected chi connectivity index (χ0v) is 14.9. The SMILES string of the molecule is CN=C(NCC1(C)CCCO1)NCC1(Sc2ccccc2)CC1. The number of guanidine groups is 1. The van der Waals surface area contributed by atoms with Crippen LogP contribution in [0.3, 0.4) is 0 Å². The number of nitrogens with one attached hydrogen (secondary N) is 2. The average Bonchev–Trinajstić information content (AvgIpc) is 3.19. The van der Waals surface area contributed by atoms with Crippen molar-refractivity contribution in [3.8, 4) is 0 Å². The summed E-state index contributed by atoms with van der Waals surface area (Å²) in [5, 5.41) is 6.92. The zero-order valence-electron chi connectivity index (χ0n) is 14.1. The lowest BCUT2D eigenvalue weighted by Gasteiger charge is -2.25. The van der Waals surface area contributed by atoms with Gasteiger partial charge in [-0.1, -0.05) is 18.2 Å². The molecule has 1 aliphatic heterocycles. The summed E-state index contributed by atoms with van der Waals surface area (Å²) in [6.45, 7) is 4.81. The van der Waals surface area contributed by atoms with Crippen molar-refractivity contribution >= 4 is 17.7 Å². The van der Waals surface area contributed by atoms with Crippen molar-refractivity contribution in [2.24, 2.45) is 4.99 Å². The average molecular weight is 334 g/mol. The molecule has 126 valence electrons. The third-order valence-electron chi connectivity index (χ3n) is 4.62. The Bertz CT molecular complexity index is 536. The van der Waals surface area contributed by atoms with Gasteiger partial charge in [0, 0.05) is 36.4 Å². The van der Waals surface area contributed by atoms with E-state index in [2.05, 4.69) is 52.9 Å². The first-order valence-corrected chi connectivity index (χ1v) is 9.27. The maximum absolute atomic E-state index is 5.82. The molecule has 0 bridgehead atoms. The van der Waals surface area contributed by atoms with Crippen molar-refractivity contribution in [1.82, 2.24) is 10.6 Å². The summed E-state index contributed by atoms with van der Waals surface area (Å²) >= 11 is 1.98. The summed E-state index contributed by atoms with van der Waals surface area (Å²) in [4.78, 5) is 5.70. The molecule has 2 fully saturated rings. The predicted octanol–water partition coefficient (Wildman–Crippen LogP) is 3.05. The highest BCUT2D eigenvalue weighted by atomic mass is 32.2. The van der Waals surface area contributed by atoms with Crippen molar-refractivity contribution in [3.63, 3.8) is 0 Å². The molecule has 1 heterocycles. The van der Waals surface area contributed by atoms with Gasteiger partial charge in [0.05, 0.1) is 5.60 Å². The van der Waals surface area contributed by atoms with Gasteiger partial charge >= 0.3 is 0 Å². The van der Waals surface area contributed by atoms with E-state index in [1.165, 1.54) is 17.7 Å². The van der Waals surface area contributed by atoms with Gasteiger partial charge in [-0.3, -0.25) is 4.99 Å². The van der Waals surface area contributed by atoms with E-state index in [1.54, 1.807) is 0 Å². The second kappa shape index (κ2) is 7.14. The van der Waals surface area contributed by atoms with Gasteiger partial charge in [-0.15, -0.1) is 11.8 Å². The Morgan fingerprint density at radius 3 is 2.52 bits per heavy atom. The number of aliphatic imine (C=N–C) groups is 1. The molecular formula is C18H27N3OS. The van der Waals surface area contributed by atoms with Gasteiger partial charge in [0.2, 0.25) is 0 Å². The highest BCUT2D eigenvalue weighted by Gasteiger charge is 2.43. The second-order valence-electron chi connectivity index (χ2n) is 6.78. The van der Waals surface area contributed by atoms with Crippen LogP contribution in [0.5, 0.6) is 0 Å². The number of hydrogen-bond acceptors (Lipinski definition) is 3. The largest absolute Gasteiger partial charge is 0.373 e. The molecule has 5 heteroatoms. The quantitative estimate of drug-likeness (QED) is 0.620. The summed E-state index contributed by atoms with van der Waals surface area (Å²) < 4.78 is 6.15. The van der Waals surface area contributed by atoms with Crippen LogP contribution in [0.1, 0.15) is 32.6 Å². The zero-order chi connectivity index (χ0) is 16.2. The standard InChI is InChI=1S/C18H27N3OS/c1-17(9-6-12-22-17)13-20-16(19-2)21-14-18(10-11-18)23-15-7-4-3-5-8-15/h3-5,7-8H,6,9-14H2,1-2H3,(H2,19,20,21). The first-order chi connectivity index (χ1) is 11.1. The van der Waals surface area contributed by atoms with E-state index < -0.39 is 0 Å². The third kappa shape index (κ3) is 4.64. The Labute approximate surface area is 143 Å². The summed E-state index contributed by atoms with van der Waals surface area (Å²) in [6.07, 6.45) is 4.79. The van der Waals surface area contributed by atoms with Crippen LogP contribution in [-0.2, 0) is 4.74 Å². The van der Waals surface area contributed by atoms with Crippen LogP contribution in [0.25, 0.3) is 0 Å². The minimum absolute atomic E-state index is 0.0479. The van der Waals surface area contributed by atoms with Crippen LogP contribution in [-0.4, -0.2) is 43.1 Å². The van der Waals surface area contributed by atoms with E-state index in [0.717, 1.165) is 38.5 Å². The van der Waals surface area contributed by atoms with Crippen LogP contribution in [0.15, 0.2) is 40.2 Å². The van der Waals surface area contributed by atoms with Crippen molar-refractivity contribution in [3.05, 3.63) is 30.3 Å². The van der Waals surface area contributed by atoms with Crippen molar-refractivity contribution in [2.75, 3.05) is 26.7 Å². The van der Waals surface area contributed by atoms with Gasteiger partial charge in [0.15, 0.2) is 5.96 Å². The maximum Gasteiger partial charge on any atom is 0.191 e. The number of thioether (sulfide) groups is 1. The Kier molecular flexibility index (Phi) is 5.17. The fourth-order valence-electron chi connectivity index (χ4n) is 2.91. The minimum Gasteiger partial charge on any atom is -0.373 e. The molecule has 4 nitrogen and oxygen atoms in total. The van der Waals surface area contributed by atoms with Gasteiger partial charge in [-0.25, -0.2) is 0 Å². The van der Waals surface area contributed by atoms with E-state index >= 15 is 0 Å². The van der Waals surface area contributed by atoms with Crippen LogP contribution in [0, 0.1) is 0 Å². The smallest absolute Gasteiger partial charge is 0.191 e. The second-order valence-corrected chi connectivity index (χ2v) is 8.32. The van der Waals surface area contributed by atoms with Crippen LogP contribution >= 0.6 is 11.8 Å². The van der Waals surface area contributed by atoms with Crippen molar-refractivity contribution < 1.29 is 4.74 Å². The van der Waals surface area contributed by atoms with Crippen LogP contribution in [0.4, 0.5) is 0 Å². The summed E-state index contributed by atoms with van der Waals surface area (Å²) in [5.41, 5.74) is -0.0479. The molecule has 3 rings (SSSR count). The Morgan fingerprint density at radius 2 is 1.91 bits per heavy atom. The molecule has 1 aromatic carbocycles. The molecule has 23 heavy (non-hydrogen) atoms. The van der Waals surface area contributed by atoms with E-state index in [9.17, 15) is 0 Å². The molecule has 2 aliphatic rings. The highest BCUT2D eigenvalue weighted by Crippen LogP contribution is 2.51. The van der Waals surface area contributed by atoms with Crippen molar-refractivity contribution in [2.45, 2.75) is 47.9 Å². The highest BCUT2D eigenvalue weighted by molar-refractivity contribution is 8.01. The Hall–Kier alpha value is -1.20. The minimum atomic E-state index is -0.0479. The van der Waals surface area contributed by atoms with Crippen LogP contribution < -0.4 is 10.6 Å². The molecular weight excluding hydrogens is 306 g/mol. The normalized spacial score (nSPS) is 26.1. The van der Waals surface area contributed by atoms with E-state index in [-0.39, 0.29) is 5.60 Å². The fourth-order valence-corrected chi connectivity index (χ4v) is 4.15. The van der Waals surface area contributed by atoms with E-state index in [0.29, 0.717) is 4.75 Å². The van der Waals surface area contributed by atoms with E-state index in [4.69, 9.17) is 4.74 Å². The summed E-state index contributed by atoms with van der Waals surface area (Å²) in [6, 6.07) is 10.7. The number of benzene rings is 1. The monoisotopic (exact) mass is 333 g/mol. The van der Waals surface area contributed by atoms with Gasteiger partial charge < -0.3 is 15.4 Å². The fraction of sp³-hybridized carbons (Fsp3) is 0.611. The number of ether oxygens (including phenoxy) is 1. The number of nitrogens with zero attached hydrogens (tertiary/aromatic N) is 1. The maximum atomic E-state index is 5.82. The van der Waals surface area contributed by atoms with Gasteiger partial charge in [0.25, 0.3) is 0 Å². The topological polar surface area (TPSA) is 45.7 Å². The third-order valence-corrected chi connectivity index (χ3v) is 6.11. The van der Waals surface area contributed by atoms with Crippen molar-refractivity contribution in [1.29, 1.82) is 0 Å². The Balaban J connectivity index is 1.46. The molecule has 1 atom stereocenters. The first-order valence-electron chi connectivity index (χ1n) is 8.46. The number of hydrogen-bond donors (Lipinski definition) is 2. The van der Waals surface area contributed by atoms with Gasteiger partial charge in [-0.2, -0.15) is 0 Å². The first kappa shape index (κ1) is 16.7. The Morgan fingerprint density at radius 1 is 1.17 bits per heavy atom. The molecule has 1 saturated heterocycles. The lowest BCUT2D eigenvalue weighted by molar-refractivity contribution is 0.0243. The summed E-state index contributed by atoms with van der Waals surface area (Å²) in [5.74, 6) is 0.877. The molecule has 0 spiro atoms. The summed E-state index contributed by atoms with van der Waals surface area (Å²) in [7, 11) is 1.83. The molecule has 1 aliphatic carbocycles. The van der Waals surface area contributed by atoms with E-state index in [1.807, 2.05) is 18.8 Å². The van der Waals surface area contributed by atoms with Gasteiger partial charge in [-0.05, 0) is 44.7 Å². The van der Waals surface area contributed by atoms with Crippen LogP contribution in [0.2, 0.25) is 0 Å². The number of rotatable bonds is 6. The molecule has 0 aromatic heterocycles.